The van der Waals surface area contributed by atoms with Crippen LogP contribution in [0.4, 0.5) is 0 Å². The summed E-state index contributed by atoms with van der Waals surface area (Å²) in [5.41, 5.74) is 1.16. The van der Waals surface area contributed by atoms with Gasteiger partial charge in [-0.1, -0.05) is 0 Å². The first-order chi connectivity index (χ1) is 6.74. The van der Waals surface area contributed by atoms with Crippen LogP contribution in [-0.4, -0.2) is 22.5 Å². The number of carbonyl (C=O) groups excluding carboxylic acids is 1. The summed E-state index contributed by atoms with van der Waals surface area (Å²) in [5, 5.41) is 0. The predicted octanol–water partition coefficient (Wildman–Crippen LogP) is 1.88. The molecule has 2 aromatic rings. The number of imidazole rings is 1. The van der Waals surface area contributed by atoms with E-state index in [-0.39, 0.29) is 5.97 Å². The Hall–Kier alpha value is -1.36. The number of rotatable bonds is 1. The molecule has 0 unspecified atom stereocenters. The average Bonchev–Trinajstić information content (AvgIpc) is 2.64. The lowest BCUT2D eigenvalue weighted by atomic mass is 10.3. The number of hydrogen-bond donors (Lipinski definition) is 0. The third-order valence-corrected chi connectivity index (χ3v) is 2.53. The van der Waals surface area contributed by atoms with Crippen molar-refractivity contribution in [2.24, 2.45) is 0 Å². The molecule has 0 saturated carbocycles. The zero-order valence-corrected chi connectivity index (χ0v) is 8.98. The molecule has 0 spiro atoms. The van der Waals surface area contributed by atoms with Gasteiger partial charge in [-0.25, -0.2) is 9.78 Å². The lowest BCUT2D eigenvalue weighted by Crippen LogP contribution is -2.08. The van der Waals surface area contributed by atoms with Gasteiger partial charge in [0.1, 0.15) is 11.3 Å². The fourth-order valence-corrected chi connectivity index (χ4v) is 1.75. The van der Waals surface area contributed by atoms with Crippen LogP contribution < -0.4 is 0 Å². The van der Waals surface area contributed by atoms with E-state index in [2.05, 4.69) is 25.7 Å². The zero-order chi connectivity index (χ0) is 10.1. The fraction of sp³-hybridized carbons (Fsp3) is 0.111. The molecule has 0 aliphatic carbocycles. The van der Waals surface area contributed by atoms with Gasteiger partial charge in [-0.3, -0.25) is 4.40 Å². The van der Waals surface area contributed by atoms with Crippen LogP contribution in [0, 0.1) is 0 Å². The number of hydrogen-bond acceptors (Lipinski definition) is 3. The minimum Gasteiger partial charge on any atom is -0.464 e. The molecule has 0 bridgehead atoms. The predicted molar refractivity (Wildman–Crippen MR) is 54.2 cm³/mol. The number of halogens is 1. The highest BCUT2D eigenvalue weighted by Crippen LogP contribution is 2.18. The van der Waals surface area contributed by atoms with Gasteiger partial charge in [0.15, 0.2) is 0 Å². The van der Waals surface area contributed by atoms with E-state index in [0.717, 1.165) is 0 Å². The molecule has 0 N–H and O–H groups in total. The first-order valence-electron chi connectivity index (χ1n) is 3.94. The van der Waals surface area contributed by atoms with E-state index in [9.17, 15) is 4.79 Å². The minimum atomic E-state index is -0.388. The summed E-state index contributed by atoms with van der Waals surface area (Å²) in [4.78, 5) is 15.5. The molecule has 0 amide bonds. The van der Waals surface area contributed by atoms with Crippen LogP contribution in [0.1, 0.15) is 10.5 Å². The summed E-state index contributed by atoms with van der Waals surface area (Å²) in [6, 6.07) is 3.59. The quantitative estimate of drug-likeness (QED) is 0.731. The van der Waals surface area contributed by atoms with Crippen LogP contribution in [0.3, 0.4) is 0 Å². The van der Waals surface area contributed by atoms with E-state index in [0.29, 0.717) is 15.8 Å². The first kappa shape index (κ1) is 9.21. The molecule has 4 nitrogen and oxygen atoms in total. The number of esters is 1. The highest BCUT2D eigenvalue weighted by atomic mass is 79.9. The molecule has 72 valence electrons. The third kappa shape index (κ3) is 1.29. The average molecular weight is 255 g/mol. The molecule has 0 aliphatic rings. The Bertz CT molecular complexity index is 493. The van der Waals surface area contributed by atoms with Gasteiger partial charge in [-0.15, -0.1) is 0 Å². The third-order valence-electron chi connectivity index (χ3n) is 1.89. The monoisotopic (exact) mass is 254 g/mol. The topological polar surface area (TPSA) is 43.6 Å². The lowest BCUT2D eigenvalue weighted by molar-refractivity contribution is 0.0591. The second-order valence-electron chi connectivity index (χ2n) is 2.68. The van der Waals surface area contributed by atoms with Crippen molar-refractivity contribution >= 4 is 27.5 Å². The number of fused-ring (bicyclic) bond motifs is 1. The number of ether oxygens (including phenoxy) is 1. The smallest absolute Gasteiger partial charge is 0.356 e. The second kappa shape index (κ2) is 3.42. The van der Waals surface area contributed by atoms with Crippen molar-refractivity contribution in [3.05, 3.63) is 34.7 Å². The van der Waals surface area contributed by atoms with Gasteiger partial charge < -0.3 is 4.74 Å². The Morgan fingerprint density at radius 3 is 3.07 bits per heavy atom. The SMILES string of the molecule is COC(=O)c1c(Br)ccc2nccn12. The van der Waals surface area contributed by atoms with Crippen LogP contribution in [-0.2, 0) is 4.74 Å². The highest BCUT2D eigenvalue weighted by molar-refractivity contribution is 9.10. The molecule has 0 aromatic carbocycles. The van der Waals surface area contributed by atoms with E-state index in [1.807, 2.05) is 6.07 Å². The van der Waals surface area contributed by atoms with Gasteiger partial charge in [-0.05, 0) is 28.1 Å². The molecule has 0 radical (unpaired) electrons. The van der Waals surface area contributed by atoms with E-state index in [1.165, 1.54) is 7.11 Å². The van der Waals surface area contributed by atoms with Crippen molar-refractivity contribution in [3.63, 3.8) is 0 Å². The largest absolute Gasteiger partial charge is 0.464 e. The van der Waals surface area contributed by atoms with Gasteiger partial charge >= 0.3 is 5.97 Å². The molecular formula is C9H7BrN2O2. The van der Waals surface area contributed by atoms with Crippen LogP contribution in [0.25, 0.3) is 5.65 Å². The van der Waals surface area contributed by atoms with Crippen molar-refractivity contribution in [3.8, 4) is 0 Å². The van der Waals surface area contributed by atoms with Gasteiger partial charge in [0.25, 0.3) is 0 Å². The molecule has 0 aliphatic heterocycles. The Labute approximate surface area is 88.6 Å². The molecule has 2 rings (SSSR count). The summed E-state index contributed by atoms with van der Waals surface area (Å²) in [5.74, 6) is -0.388. The van der Waals surface area contributed by atoms with Gasteiger partial charge in [0.05, 0.1) is 7.11 Å². The van der Waals surface area contributed by atoms with Crippen LogP contribution in [0.5, 0.6) is 0 Å². The summed E-state index contributed by atoms with van der Waals surface area (Å²) in [6.45, 7) is 0. The highest BCUT2D eigenvalue weighted by Gasteiger charge is 2.14. The van der Waals surface area contributed by atoms with Crippen LogP contribution in [0.15, 0.2) is 29.0 Å². The van der Waals surface area contributed by atoms with Crippen molar-refractivity contribution < 1.29 is 9.53 Å². The maximum Gasteiger partial charge on any atom is 0.356 e. The van der Waals surface area contributed by atoms with E-state index >= 15 is 0 Å². The molecule has 0 fully saturated rings. The lowest BCUT2D eigenvalue weighted by Gasteiger charge is -2.05. The molecule has 14 heavy (non-hydrogen) atoms. The van der Waals surface area contributed by atoms with Crippen molar-refractivity contribution in [1.29, 1.82) is 0 Å². The molecule has 5 heteroatoms. The standard InChI is InChI=1S/C9H7BrN2O2/c1-14-9(13)8-6(10)2-3-7-11-4-5-12(7)8/h2-5H,1H3. The molecule has 0 saturated heterocycles. The minimum absolute atomic E-state index is 0.388. The maximum absolute atomic E-state index is 11.4. The van der Waals surface area contributed by atoms with Gasteiger partial charge in [-0.2, -0.15) is 0 Å². The fourth-order valence-electron chi connectivity index (χ4n) is 1.26. The maximum atomic E-state index is 11.4. The van der Waals surface area contributed by atoms with E-state index in [1.54, 1.807) is 22.9 Å². The molecule has 2 aromatic heterocycles. The second-order valence-corrected chi connectivity index (χ2v) is 3.53. The summed E-state index contributed by atoms with van der Waals surface area (Å²) in [6.07, 6.45) is 3.35. The Balaban J connectivity index is 2.76. The van der Waals surface area contributed by atoms with Gasteiger partial charge in [0, 0.05) is 16.9 Å². The van der Waals surface area contributed by atoms with Crippen molar-refractivity contribution in [2.45, 2.75) is 0 Å². The van der Waals surface area contributed by atoms with Crippen molar-refractivity contribution in [1.82, 2.24) is 9.38 Å². The van der Waals surface area contributed by atoms with Gasteiger partial charge in [0.2, 0.25) is 0 Å². The van der Waals surface area contributed by atoms with E-state index in [4.69, 9.17) is 0 Å². The summed E-state index contributed by atoms with van der Waals surface area (Å²) < 4.78 is 7.04. The first-order valence-corrected chi connectivity index (χ1v) is 4.73. The molecule has 0 atom stereocenters. The van der Waals surface area contributed by atoms with E-state index < -0.39 is 0 Å². The molecule has 2 heterocycles. The number of methoxy groups -OCH3 is 1. The Kier molecular flexibility index (Phi) is 2.25. The van der Waals surface area contributed by atoms with Crippen LogP contribution >= 0.6 is 15.9 Å². The molecular weight excluding hydrogens is 248 g/mol. The number of aromatic nitrogens is 2. The normalized spacial score (nSPS) is 10.4. The zero-order valence-electron chi connectivity index (χ0n) is 7.40. The Morgan fingerprint density at radius 2 is 2.36 bits per heavy atom. The summed E-state index contributed by atoms with van der Waals surface area (Å²) >= 11 is 3.29. The summed E-state index contributed by atoms with van der Waals surface area (Å²) in [7, 11) is 1.35. The van der Waals surface area contributed by atoms with Crippen LogP contribution in [0.2, 0.25) is 0 Å². The number of carbonyl (C=O) groups is 1. The number of pyridine rings is 1. The Morgan fingerprint density at radius 1 is 1.57 bits per heavy atom. The van der Waals surface area contributed by atoms with Crippen molar-refractivity contribution in [2.75, 3.05) is 7.11 Å². The number of nitrogens with zero attached hydrogens (tertiary/aromatic N) is 2.